The van der Waals surface area contributed by atoms with Crippen LogP contribution in [0.25, 0.3) is 11.1 Å². The average molecular weight is 464 g/mol. The van der Waals surface area contributed by atoms with E-state index in [1.807, 2.05) is 5.32 Å². The summed E-state index contributed by atoms with van der Waals surface area (Å²) in [5.74, 6) is -7.12. The number of Topliss-reactive ketones (excluding diaryl/α,β-unsaturated/α-hetero) is 1. The number of carbonyl (C=O) groups is 4. The number of hydrogen-bond donors (Lipinski definition) is 2. The summed E-state index contributed by atoms with van der Waals surface area (Å²) in [6.45, 7) is 2.67. The molecular weight excluding hydrogens is 445 g/mol. The first-order valence-electron chi connectivity index (χ1n) is 9.50. The van der Waals surface area contributed by atoms with E-state index in [0.29, 0.717) is 16.1 Å². The van der Waals surface area contributed by atoms with E-state index in [2.05, 4.69) is 0 Å². The lowest BCUT2D eigenvalue weighted by atomic mass is 9.92. The summed E-state index contributed by atoms with van der Waals surface area (Å²) >= 11 is 5.92. The van der Waals surface area contributed by atoms with Gasteiger partial charge in [-0.2, -0.15) is 0 Å². The predicted octanol–water partition coefficient (Wildman–Crippen LogP) is 3.35. The van der Waals surface area contributed by atoms with Crippen molar-refractivity contribution in [2.45, 2.75) is 32.1 Å². The van der Waals surface area contributed by atoms with Crippen LogP contribution in [0.5, 0.6) is 0 Å². The van der Waals surface area contributed by atoms with Gasteiger partial charge in [-0.3, -0.25) is 14.4 Å². The lowest BCUT2D eigenvalue weighted by Gasteiger charge is -2.33. The molecule has 2 aromatic carbocycles. The van der Waals surface area contributed by atoms with Crippen molar-refractivity contribution in [1.82, 2.24) is 5.32 Å². The molecule has 2 aromatic rings. The molecule has 0 saturated carbocycles. The summed E-state index contributed by atoms with van der Waals surface area (Å²) < 4.78 is 24.0. The fourth-order valence-electron chi connectivity index (χ4n) is 3.30. The first-order valence-corrected chi connectivity index (χ1v) is 9.88. The van der Waals surface area contributed by atoms with E-state index in [-0.39, 0.29) is 12.0 Å². The lowest BCUT2D eigenvalue weighted by molar-refractivity contribution is -0.238. The molecule has 0 bridgehead atoms. The Bertz CT molecular complexity index is 1060. The third kappa shape index (κ3) is 5.23. The Kier molecular flexibility index (Phi) is 6.50. The minimum Gasteiger partial charge on any atom is -0.465 e. The third-order valence-electron chi connectivity index (χ3n) is 4.72. The van der Waals surface area contributed by atoms with Gasteiger partial charge in [0.1, 0.15) is 5.82 Å². The molecular formula is C22H19ClFNO7. The highest BCUT2D eigenvalue weighted by Crippen LogP contribution is 2.28. The van der Waals surface area contributed by atoms with Crippen LogP contribution in [0.15, 0.2) is 42.5 Å². The largest absolute Gasteiger partial charge is 0.465 e. The maximum Gasteiger partial charge on any atom is 0.405 e. The minimum absolute atomic E-state index is 0.163. The number of ether oxygens (including phenoxy) is 2. The normalized spacial score (nSPS) is 16.6. The molecule has 1 heterocycles. The van der Waals surface area contributed by atoms with Crippen LogP contribution >= 0.6 is 11.6 Å². The lowest BCUT2D eigenvalue weighted by Crippen LogP contribution is -2.54. The van der Waals surface area contributed by atoms with E-state index < -0.39 is 47.4 Å². The number of nitrogens with one attached hydrogen (secondary N) is 1. The summed E-state index contributed by atoms with van der Waals surface area (Å²) in [6, 6.07) is 9.00. The Morgan fingerprint density at radius 1 is 1.12 bits per heavy atom. The van der Waals surface area contributed by atoms with Gasteiger partial charge in [0.15, 0.2) is 5.78 Å². The number of halogens is 2. The predicted molar refractivity (Wildman–Crippen MR) is 110 cm³/mol. The van der Waals surface area contributed by atoms with E-state index in [1.54, 1.807) is 24.3 Å². The van der Waals surface area contributed by atoms with Crippen LogP contribution in [-0.4, -0.2) is 40.8 Å². The van der Waals surface area contributed by atoms with E-state index in [0.717, 1.165) is 0 Å². The van der Waals surface area contributed by atoms with Crippen molar-refractivity contribution in [2.75, 3.05) is 0 Å². The molecule has 0 radical (unpaired) electrons. The van der Waals surface area contributed by atoms with Gasteiger partial charge in [-0.1, -0.05) is 35.9 Å². The molecule has 0 spiro atoms. The molecule has 10 heteroatoms. The molecule has 2 N–H and O–H groups in total. The highest BCUT2D eigenvalue weighted by atomic mass is 35.5. The molecule has 1 aliphatic rings. The minimum atomic E-state index is -1.90. The van der Waals surface area contributed by atoms with Crippen LogP contribution in [0, 0.1) is 11.7 Å². The Morgan fingerprint density at radius 3 is 2.28 bits per heavy atom. The fraction of sp³-hybridized carbons (Fsp3) is 0.273. The number of cyclic esters (lactones) is 2. The molecule has 0 aliphatic carbocycles. The highest BCUT2D eigenvalue weighted by Gasteiger charge is 2.49. The molecule has 8 nitrogen and oxygen atoms in total. The van der Waals surface area contributed by atoms with Crippen molar-refractivity contribution < 1.29 is 38.1 Å². The first-order chi connectivity index (χ1) is 15.0. The van der Waals surface area contributed by atoms with E-state index in [9.17, 15) is 23.6 Å². The van der Waals surface area contributed by atoms with Crippen LogP contribution in [0.2, 0.25) is 5.02 Å². The quantitative estimate of drug-likeness (QED) is 0.498. The fourth-order valence-corrected chi connectivity index (χ4v) is 3.47. The molecule has 0 unspecified atom stereocenters. The molecule has 3 rings (SSSR count). The standard InChI is InChI=1S/C22H19ClFNO7/c1-22(2)31-19(27)17(20(28)32-22)18(26)16(25-21(29)30)9-11-3-5-12(6-4-11)14-10-13(23)7-8-15(14)24/h3-8,10,16-17,25H,9H2,1-2H3,(H,29,30)/t16-/m1/s1. The molecule has 1 atom stereocenters. The van der Waals surface area contributed by atoms with Gasteiger partial charge in [-0.05, 0) is 35.7 Å². The molecule has 32 heavy (non-hydrogen) atoms. The van der Waals surface area contributed by atoms with Gasteiger partial charge in [-0.25, -0.2) is 9.18 Å². The molecule has 0 aromatic heterocycles. The maximum atomic E-state index is 14.1. The number of amides is 1. The Labute approximate surface area is 187 Å². The summed E-state index contributed by atoms with van der Waals surface area (Å²) in [5.41, 5.74) is 1.29. The number of benzene rings is 2. The Balaban J connectivity index is 1.82. The van der Waals surface area contributed by atoms with Crippen molar-refractivity contribution in [2.24, 2.45) is 5.92 Å². The zero-order chi connectivity index (χ0) is 23.6. The van der Waals surface area contributed by atoms with Crippen LogP contribution < -0.4 is 5.32 Å². The Morgan fingerprint density at radius 2 is 1.72 bits per heavy atom. The number of carboxylic acid groups (broad SMARTS) is 1. The van der Waals surface area contributed by atoms with Gasteiger partial charge in [0.25, 0.3) is 5.79 Å². The topological polar surface area (TPSA) is 119 Å². The van der Waals surface area contributed by atoms with Gasteiger partial charge in [0, 0.05) is 24.4 Å². The van der Waals surface area contributed by atoms with Crippen molar-refractivity contribution in [3.05, 3.63) is 58.9 Å². The highest BCUT2D eigenvalue weighted by molar-refractivity contribution is 6.30. The zero-order valence-corrected chi connectivity index (χ0v) is 17.8. The summed E-state index contributed by atoms with van der Waals surface area (Å²) in [7, 11) is 0. The number of carbonyl (C=O) groups excluding carboxylic acids is 3. The smallest absolute Gasteiger partial charge is 0.405 e. The average Bonchev–Trinajstić information content (AvgIpc) is 2.68. The van der Waals surface area contributed by atoms with Crippen molar-refractivity contribution in [3.63, 3.8) is 0 Å². The van der Waals surface area contributed by atoms with Gasteiger partial charge in [0.05, 0.1) is 6.04 Å². The second kappa shape index (κ2) is 8.96. The maximum absolute atomic E-state index is 14.1. The molecule has 1 saturated heterocycles. The van der Waals surface area contributed by atoms with Gasteiger partial charge < -0.3 is 19.9 Å². The van der Waals surface area contributed by atoms with Gasteiger partial charge in [-0.15, -0.1) is 0 Å². The SMILES string of the molecule is CC1(C)OC(=O)C(C(=O)[C@@H](Cc2ccc(-c3cc(Cl)ccc3F)cc2)NC(=O)O)C(=O)O1. The number of hydrogen-bond acceptors (Lipinski definition) is 6. The third-order valence-corrected chi connectivity index (χ3v) is 4.96. The zero-order valence-electron chi connectivity index (χ0n) is 17.1. The van der Waals surface area contributed by atoms with Crippen LogP contribution in [0.3, 0.4) is 0 Å². The summed E-state index contributed by atoms with van der Waals surface area (Å²) in [6.07, 6.45) is -1.68. The summed E-state index contributed by atoms with van der Waals surface area (Å²) in [4.78, 5) is 48.5. The van der Waals surface area contributed by atoms with E-state index >= 15 is 0 Å². The molecule has 1 aliphatic heterocycles. The first kappa shape index (κ1) is 23.2. The second-order valence-corrected chi connectivity index (χ2v) is 8.04. The van der Waals surface area contributed by atoms with Crippen molar-refractivity contribution >= 4 is 35.4 Å². The number of rotatable bonds is 6. The van der Waals surface area contributed by atoms with Crippen molar-refractivity contribution in [3.8, 4) is 11.1 Å². The molecule has 1 fully saturated rings. The van der Waals surface area contributed by atoms with E-state index in [1.165, 1.54) is 32.0 Å². The van der Waals surface area contributed by atoms with Gasteiger partial charge >= 0.3 is 18.0 Å². The van der Waals surface area contributed by atoms with Gasteiger partial charge in [0.2, 0.25) is 5.92 Å². The van der Waals surface area contributed by atoms with Crippen LogP contribution in [-0.2, 0) is 30.3 Å². The second-order valence-electron chi connectivity index (χ2n) is 7.60. The van der Waals surface area contributed by atoms with Crippen LogP contribution in [0.1, 0.15) is 19.4 Å². The molecule has 168 valence electrons. The van der Waals surface area contributed by atoms with Crippen LogP contribution in [0.4, 0.5) is 9.18 Å². The Hall–Kier alpha value is -3.46. The summed E-state index contributed by atoms with van der Waals surface area (Å²) in [5, 5.41) is 11.5. The van der Waals surface area contributed by atoms with E-state index in [4.69, 9.17) is 26.2 Å². The number of ketones is 1. The monoisotopic (exact) mass is 463 g/mol. The van der Waals surface area contributed by atoms with Crippen molar-refractivity contribution in [1.29, 1.82) is 0 Å². The number of esters is 2. The molecule has 1 amide bonds.